The highest BCUT2D eigenvalue weighted by atomic mass is 35.5. The standard InChI is InChI=1S/C20H30N4O2.ClH/c1-15(2)22-19(26)23-17-5-3-4-16(14-17)18(25)24-12-8-20(9-13-24)6-10-21-11-7-20;/h3-5,14-15,21H,6-13H2,1-2H3,(H2,22,23,26);1H. The second-order valence-electron chi connectivity index (χ2n) is 7.88. The van der Waals surface area contributed by atoms with Crippen molar-refractivity contribution >= 4 is 30.0 Å². The van der Waals surface area contributed by atoms with Crippen LogP contribution >= 0.6 is 12.4 Å². The summed E-state index contributed by atoms with van der Waals surface area (Å²) in [7, 11) is 0. The van der Waals surface area contributed by atoms with Crippen molar-refractivity contribution < 1.29 is 9.59 Å². The molecule has 3 N–H and O–H groups in total. The molecule has 0 radical (unpaired) electrons. The quantitative estimate of drug-likeness (QED) is 0.736. The molecule has 2 aliphatic heterocycles. The summed E-state index contributed by atoms with van der Waals surface area (Å²) < 4.78 is 0. The molecule has 7 heteroatoms. The van der Waals surface area contributed by atoms with Gasteiger partial charge in [0.2, 0.25) is 0 Å². The summed E-state index contributed by atoms with van der Waals surface area (Å²) in [6.45, 7) is 7.66. The molecular weight excluding hydrogens is 364 g/mol. The van der Waals surface area contributed by atoms with E-state index in [1.54, 1.807) is 12.1 Å². The van der Waals surface area contributed by atoms with Crippen molar-refractivity contribution in [2.45, 2.75) is 45.6 Å². The van der Waals surface area contributed by atoms with E-state index < -0.39 is 0 Å². The summed E-state index contributed by atoms with van der Waals surface area (Å²) in [6.07, 6.45) is 4.63. The molecule has 2 heterocycles. The number of halogens is 1. The van der Waals surface area contributed by atoms with Gasteiger partial charge in [-0.05, 0) is 76.2 Å². The Hall–Kier alpha value is -1.79. The largest absolute Gasteiger partial charge is 0.339 e. The average Bonchev–Trinajstić information content (AvgIpc) is 2.62. The molecule has 2 saturated heterocycles. The lowest BCUT2D eigenvalue weighted by molar-refractivity contribution is 0.0495. The number of benzene rings is 1. The molecular formula is C20H31ClN4O2. The summed E-state index contributed by atoms with van der Waals surface area (Å²) >= 11 is 0. The van der Waals surface area contributed by atoms with Crippen molar-refractivity contribution in [3.05, 3.63) is 29.8 Å². The van der Waals surface area contributed by atoms with Crippen LogP contribution in [0, 0.1) is 5.41 Å². The van der Waals surface area contributed by atoms with E-state index in [-0.39, 0.29) is 30.4 Å². The molecule has 3 amide bonds. The zero-order chi connectivity index (χ0) is 18.6. The van der Waals surface area contributed by atoms with Crippen LogP contribution in [0.5, 0.6) is 0 Å². The lowest BCUT2D eigenvalue weighted by atomic mass is 9.71. The van der Waals surface area contributed by atoms with Crippen LogP contribution in [0.2, 0.25) is 0 Å². The van der Waals surface area contributed by atoms with Crippen LogP contribution < -0.4 is 16.0 Å². The molecule has 0 aliphatic carbocycles. The number of carbonyl (C=O) groups excluding carboxylic acids is 2. The topological polar surface area (TPSA) is 73.5 Å². The predicted octanol–water partition coefficient (Wildman–Crippen LogP) is 3.24. The van der Waals surface area contributed by atoms with Crippen LogP contribution in [0.1, 0.15) is 49.9 Å². The first kappa shape index (κ1) is 21.5. The Bertz CT molecular complexity index is 649. The molecule has 1 spiro atoms. The van der Waals surface area contributed by atoms with Crippen LogP contribution in [0.15, 0.2) is 24.3 Å². The van der Waals surface area contributed by atoms with Gasteiger partial charge < -0.3 is 20.9 Å². The molecule has 2 fully saturated rings. The summed E-state index contributed by atoms with van der Waals surface area (Å²) in [5, 5.41) is 9.01. The van der Waals surface area contributed by atoms with Crippen molar-refractivity contribution in [3.63, 3.8) is 0 Å². The summed E-state index contributed by atoms with van der Waals surface area (Å²) in [6, 6.07) is 7.01. The summed E-state index contributed by atoms with van der Waals surface area (Å²) in [5.41, 5.74) is 1.70. The van der Waals surface area contributed by atoms with Gasteiger partial charge in [-0.2, -0.15) is 0 Å². The third kappa shape index (κ3) is 5.59. The van der Waals surface area contributed by atoms with E-state index in [2.05, 4.69) is 16.0 Å². The zero-order valence-corrected chi connectivity index (χ0v) is 17.0. The number of nitrogens with zero attached hydrogens (tertiary/aromatic N) is 1. The SMILES string of the molecule is CC(C)NC(=O)Nc1cccc(C(=O)N2CCC3(CCNCC3)CC2)c1.Cl. The third-order valence-electron chi connectivity index (χ3n) is 5.56. The monoisotopic (exact) mass is 394 g/mol. The number of hydrogen-bond donors (Lipinski definition) is 3. The molecule has 1 aromatic rings. The highest BCUT2D eigenvalue weighted by Gasteiger charge is 2.36. The van der Waals surface area contributed by atoms with E-state index in [4.69, 9.17) is 0 Å². The van der Waals surface area contributed by atoms with E-state index in [9.17, 15) is 9.59 Å². The minimum atomic E-state index is -0.254. The minimum Gasteiger partial charge on any atom is -0.339 e. The fraction of sp³-hybridized carbons (Fsp3) is 0.600. The van der Waals surface area contributed by atoms with Crippen LogP contribution in [-0.4, -0.2) is 49.1 Å². The van der Waals surface area contributed by atoms with Gasteiger partial charge in [-0.1, -0.05) is 6.07 Å². The van der Waals surface area contributed by atoms with Crippen molar-refractivity contribution in [2.75, 3.05) is 31.5 Å². The van der Waals surface area contributed by atoms with Crippen LogP contribution in [0.4, 0.5) is 10.5 Å². The lowest BCUT2D eigenvalue weighted by Gasteiger charge is -2.44. The second-order valence-corrected chi connectivity index (χ2v) is 7.88. The van der Waals surface area contributed by atoms with E-state index in [1.165, 1.54) is 12.8 Å². The fourth-order valence-corrected chi connectivity index (χ4v) is 3.98. The molecule has 0 bridgehead atoms. The number of piperidine rings is 2. The van der Waals surface area contributed by atoms with Gasteiger partial charge in [0.05, 0.1) is 0 Å². The van der Waals surface area contributed by atoms with Crippen LogP contribution in [-0.2, 0) is 0 Å². The number of amides is 3. The first-order valence-corrected chi connectivity index (χ1v) is 9.65. The Morgan fingerprint density at radius 3 is 2.41 bits per heavy atom. The molecule has 0 unspecified atom stereocenters. The molecule has 1 aromatic carbocycles. The maximum absolute atomic E-state index is 12.9. The van der Waals surface area contributed by atoms with Gasteiger partial charge >= 0.3 is 6.03 Å². The van der Waals surface area contributed by atoms with Gasteiger partial charge in [-0.25, -0.2) is 4.79 Å². The van der Waals surface area contributed by atoms with Crippen molar-refractivity contribution in [2.24, 2.45) is 5.41 Å². The maximum Gasteiger partial charge on any atom is 0.319 e. The Kier molecular flexibility index (Phi) is 7.50. The average molecular weight is 395 g/mol. The predicted molar refractivity (Wildman–Crippen MR) is 111 cm³/mol. The number of nitrogens with one attached hydrogen (secondary N) is 3. The summed E-state index contributed by atoms with van der Waals surface area (Å²) in [4.78, 5) is 26.7. The maximum atomic E-state index is 12.9. The molecule has 0 saturated carbocycles. The van der Waals surface area contributed by atoms with E-state index >= 15 is 0 Å². The number of hydrogen-bond acceptors (Lipinski definition) is 3. The third-order valence-corrected chi connectivity index (χ3v) is 5.56. The van der Waals surface area contributed by atoms with Crippen molar-refractivity contribution in [1.82, 2.24) is 15.5 Å². The smallest absolute Gasteiger partial charge is 0.319 e. The molecule has 27 heavy (non-hydrogen) atoms. The number of urea groups is 1. The highest BCUT2D eigenvalue weighted by Crippen LogP contribution is 2.39. The molecule has 6 nitrogen and oxygen atoms in total. The number of likely N-dealkylation sites (tertiary alicyclic amines) is 1. The van der Waals surface area contributed by atoms with Crippen molar-refractivity contribution in [3.8, 4) is 0 Å². The molecule has 2 aliphatic rings. The van der Waals surface area contributed by atoms with Gasteiger partial charge in [-0.15, -0.1) is 12.4 Å². The molecule has 3 rings (SSSR count). The first-order chi connectivity index (χ1) is 12.5. The Labute approximate surface area is 167 Å². The number of carbonyl (C=O) groups is 2. The first-order valence-electron chi connectivity index (χ1n) is 9.65. The van der Waals surface area contributed by atoms with Gasteiger partial charge in [0.1, 0.15) is 0 Å². The molecule has 150 valence electrons. The van der Waals surface area contributed by atoms with E-state index in [0.29, 0.717) is 16.7 Å². The van der Waals surface area contributed by atoms with Gasteiger partial charge in [0.15, 0.2) is 0 Å². The lowest BCUT2D eigenvalue weighted by Crippen LogP contribution is -2.47. The second kappa shape index (κ2) is 9.42. The Balaban J connectivity index is 0.00000261. The van der Waals surface area contributed by atoms with Crippen LogP contribution in [0.25, 0.3) is 0 Å². The Morgan fingerprint density at radius 1 is 1.11 bits per heavy atom. The summed E-state index contributed by atoms with van der Waals surface area (Å²) in [5.74, 6) is 0.0571. The van der Waals surface area contributed by atoms with Gasteiger partial charge in [0.25, 0.3) is 5.91 Å². The Morgan fingerprint density at radius 2 is 1.78 bits per heavy atom. The molecule has 0 atom stereocenters. The molecule has 0 aromatic heterocycles. The van der Waals surface area contributed by atoms with Gasteiger partial charge in [-0.3, -0.25) is 4.79 Å². The zero-order valence-electron chi connectivity index (χ0n) is 16.2. The van der Waals surface area contributed by atoms with Crippen molar-refractivity contribution in [1.29, 1.82) is 0 Å². The van der Waals surface area contributed by atoms with Gasteiger partial charge in [0, 0.05) is 30.4 Å². The van der Waals surface area contributed by atoms with E-state index in [0.717, 1.165) is 39.0 Å². The van der Waals surface area contributed by atoms with E-state index in [1.807, 2.05) is 30.9 Å². The normalized spacial score (nSPS) is 18.7. The number of rotatable bonds is 3. The highest BCUT2D eigenvalue weighted by molar-refractivity contribution is 5.97. The minimum absolute atomic E-state index is 0. The van der Waals surface area contributed by atoms with Crippen LogP contribution in [0.3, 0.4) is 0 Å². The fourth-order valence-electron chi connectivity index (χ4n) is 3.98. The number of anilines is 1.